The Balaban J connectivity index is 1.51. The van der Waals surface area contributed by atoms with Crippen molar-refractivity contribution in [3.05, 3.63) is 59.2 Å². The second-order valence-electron chi connectivity index (χ2n) is 11.3. The molecule has 0 bridgehead atoms. The molecule has 2 aliphatic heterocycles. The van der Waals surface area contributed by atoms with E-state index in [1.165, 1.54) is 24.3 Å². The fourth-order valence-electron chi connectivity index (χ4n) is 7.00. The molecule has 2 aromatic carbocycles. The third-order valence-electron chi connectivity index (χ3n) is 8.66. The molecule has 6 atom stereocenters. The van der Waals surface area contributed by atoms with Gasteiger partial charge in [-0.25, -0.2) is 4.79 Å². The van der Waals surface area contributed by atoms with E-state index in [4.69, 9.17) is 18.9 Å². The van der Waals surface area contributed by atoms with Gasteiger partial charge in [-0.3, -0.25) is 4.90 Å². The van der Waals surface area contributed by atoms with Crippen LogP contribution in [0.1, 0.15) is 43.0 Å². The van der Waals surface area contributed by atoms with Gasteiger partial charge in [0.25, 0.3) is 5.60 Å². The van der Waals surface area contributed by atoms with Crippen LogP contribution in [0.25, 0.3) is 0 Å². The van der Waals surface area contributed by atoms with Crippen molar-refractivity contribution in [2.75, 3.05) is 34.4 Å². The minimum atomic E-state index is -5.01. The monoisotopic (exact) mass is 547 g/mol. The van der Waals surface area contributed by atoms with E-state index in [0.717, 1.165) is 44.2 Å². The number of piperidine rings is 1. The number of hydrogen-bond acceptors (Lipinski definition) is 6. The Morgan fingerprint density at radius 2 is 1.69 bits per heavy atom. The quantitative estimate of drug-likeness (QED) is 0.405. The molecule has 212 valence electrons. The molecule has 1 saturated heterocycles. The molecular weight excluding hydrogens is 511 g/mol. The summed E-state index contributed by atoms with van der Waals surface area (Å²) in [4.78, 5) is 15.9. The van der Waals surface area contributed by atoms with E-state index in [0.29, 0.717) is 17.4 Å². The summed E-state index contributed by atoms with van der Waals surface area (Å²) in [6, 6.07) is 10.9. The summed E-state index contributed by atoms with van der Waals surface area (Å²) in [6.07, 6.45) is -3.91. The van der Waals surface area contributed by atoms with E-state index >= 15 is 0 Å². The first-order chi connectivity index (χ1) is 18.6. The van der Waals surface area contributed by atoms with Crippen molar-refractivity contribution in [2.45, 2.75) is 50.6 Å². The molecule has 1 saturated carbocycles. The Morgan fingerprint density at radius 1 is 1.03 bits per heavy atom. The first-order valence-electron chi connectivity index (χ1n) is 13.4. The van der Waals surface area contributed by atoms with Crippen molar-refractivity contribution >= 4 is 5.97 Å². The molecule has 0 aromatic heterocycles. The van der Waals surface area contributed by atoms with Crippen LogP contribution in [0.5, 0.6) is 11.5 Å². The van der Waals surface area contributed by atoms with Crippen LogP contribution in [0.2, 0.25) is 0 Å². The van der Waals surface area contributed by atoms with Crippen LogP contribution >= 0.6 is 0 Å². The maximum absolute atomic E-state index is 14.6. The van der Waals surface area contributed by atoms with E-state index in [9.17, 15) is 18.0 Å². The van der Waals surface area contributed by atoms with Crippen molar-refractivity contribution in [1.82, 2.24) is 4.90 Å². The molecule has 9 heteroatoms. The Bertz CT molecular complexity index is 1200. The largest absolute Gasteiger partial charge is 0.493 e. The zero-order valence-corrected chi connectivity index (χ0v) is 23.0. The van der Waals surface area contributed by atoms with Crippen LogP contribution in [0.3, 0.4) is 0 Å². The second-order valence-corrected chi connectivity index (χ2v) is 11.3. The molecule has 39 heavy (non-hydrogen) atoms. The summed E-state index contributed by atoms with van der Waals surface area (Å²) in [5.74, 6) is 0.297. The molecule has 3 aliphatic rings. The van der Waals surface area contributed by atoms with Gasteiger partial charge >= 0.3 is 12.1 Å². The SMILES string of the molecule is COc1cc2c(cc1OC)[C@H]1[C@H]3C(OC(=O)C(OC)(c4ccccc4)C(F)(F)F)[C@@H]3[C@@H](CC(C)C)CN1CC2. The van der Waals surface area contributed by atoms with E-state index in [1.807, 2.05) is 12.1 Å². The fourth-order valence-corrected chi connectivity index (χ4v) is 7.00. The van der Waals surface area contributed by atoms with Crippen molar-refractivity contribution in [2.24, 2.45) is 23.7 Å². The number of hydrogen-bond donors (Lipinski definition) is 0. The van der Waals surface area contributed by atoms with Gasteiger partial charge in [0.15, 0.2) is 11.5 Å². The number of ether oxygens (including phenoxy) is 4. The van der Waals surface area contributed by atoms with E-state index in [1.54, 1.807) is 20.3 Å². The average Bonchev–Trinajstić information content (AvgIpc) is 3.61. The Hall–Kier alpha value is -2.78. The zero-order chi connectivity index (χ0) is 28.1. The number of benzene rings is 2. The first-order valence-corrected chi connectivity index (χ1v) is 13.4. The highest BCUT2D eigenvalue weighted by molar-refractivity contribution is 5.83. The molecule has 2 aromatic rings. The number of carbonyl (C=O) groups is 1. The van der Waals surface area contributed by atoms with Crippen molar-refractivity contribution in [3.63, 3.8) is 0 Å². The lowest BCUT2D eigenvalue weighted by Crippen LogP contribution is -2.52. The summed E-state index contributed by atoms with van der Waals surface area (Å²) in [6.45, 7) is 5.91. The maximum Gasteiger partial charge on any atom is 0.432 e. The maximum atomic E-state index is 14.6. The zero-order valence-electron chi connectivity index (χ0n) is 23.0. The molecule has 6 nitrogen and oxygen atoms in total. The molecule has 5 rings (SSSR count). The Morgan fingerprint density at radius 3 is 2.28 bits per heavy atom. The lowest BCUT2D eigenvalue weighted by Gasteiger charge is -2.43. The first kappa shape index (κ1) is 27.8. The number of esters is 1. The van der Waals surface area contributed by atoms with Gasteiger partial charge in [-0.1, -0.05) is 44.2 Å². The van der Waals surface area contributed by atoms with Gasteiger partial charge in [-0.15, -0.1) is 0 Å². The standard InChI is InChI=1S/C30H36F3NO5/c1-17(2)13-19-16-34-12-11-18-14-22(36-3)23(37-4)15-21(18)26(34)25-24(19)27(25)39-28(35)29(38-5,30(31,32)33)20-9-7-6-8-10-20/h6-10,14-15,17,19,24-27H,11-13,16H2,1-5H3/t19-,24+,25-,26-,27?,29?/m0/s1. The van der Waals surface area contributed by atoms with E-state index in [-0.39, 0.29) is 29.4 Å². The number of halogens is 3. The van der Waals surface area contributed by atoms with E-state index in [2.05, 4.69) is 18.7 Å². The highest BCUT2D eigenvalue weighted by atomic mass is 19.4. The molecule has 0 spiro atoms. The molecule has 2 heterocycles. The summed E-state index contributed by atoms with van der Waals surface area (Å²) >= 11 is 0. The van der Waals surface area contributed by atoms with Crippen molar-refractivity contribution in [3.8, 4) is 11.5 Å². The van der Waals surface area contributed by atoms with Crippen LogP contribution in [0.15, 0.2) is 42.5 Å². The molecule has 2 fully saturated rings. The number of methoxy groups -OCH3 is 3. The number of carbonyl (C=O) groups excluding carboxylic acids is 1. The minimum absolute atomic E-state index is 0.0322. The van der Waals surface area contributed by atoms with Gasteiger partial charge < -0.3 is 18.9 Å². The molecular formula is C30H36F3NO5. The lowest BCUT2D eigenvalue weighted by molar-refractivity contribution is -0.277. The molecule has 0 radical (unpaired) electrons. The van der Waals surface area contributed by atoms with E-state index < -0.39 is 23.9 Å². The molecule has 0 amide bonds. The van der Waals surface area contributed by atoms with Gasteiger partial charge in [0.1, 0.15) is 6.10 Å². The predicted octanol–water partition coefficient (Wildman–Crippen LogP) is 5.54. The molecule has 1 aliphatic carbocycles. The normalized spacial score (nSPS) is 27.6. The summed E-state index contributed by atoms with van der Waals surface area (Å²) < 4.78 is 65.6. The van der Waals surface area contributed by atoms with Gasteiger partial charge in [0.2, 0.25) is 0 Å². The van der Waals surface area contributed by atoms with Gasteiger partial charge in [0, 0.05) is 43.6 Å². The predicted molar refractivity (Wildman–Crippen MR) is 139 cm³/mol. The van der Waals surface area contributed by atoms with Crippen LogP contribution in [-0.2, 0) is 26.3 Å². The van der Waals surface area contributed by atoms with Gasteiger partial charge in [-0.05, 0) is 47.9 Å². The number of rotatable bonds is 8. The minimum Gasteiger partial charge on any atom is -0.493 e. The summed E-state index contributed by atoms with van der Waals surface area (Å²) in [5, 5.41) is 0. The number of alkyl halides is 3. The smallest absolute Gasteiger partial charge is 0.432 e. The second kappa shape index (κ2) is 10.3. The van der Waals surface area contributed by atoms with Crippen LogP contribution in [-0.4, -0.2) is 57.6 Å². The highest BCUT2D eigenvalue weighted by Crippen LogP contribution is 2.62. The number of fused-ring (bicyclic) bond motifs is 5. The van der Waals surface area contributed by atoms with Gasteiger partial charge in [0.05, 0.1) is 14.2 Å². The molecule has 2 unspecified atom stereocenters. The Labute approximate surface area is 227 Å². The lowest BCUT2D eigenvalue weighted by atomic mass is 9.81. The van der Waals surface area contributed by atoms with Gasteiger partial charge in [-0.2, -0.15) is 13.2 Å². The van der Waals surface area contributed by atoms with Crippen LogP contribution in [0.4, 0.5) is 13.2 Å². The Kier molecular flexibility index (Phi) is 7.35. The topological polar surface area (TPSA) is 57.2 Å². The highest BCUT2D eigenvalue weighted by Gasteiger charge is 2.69. The third-order valence-corrected chi connectivity index (χ3v) is 8.66. The van der Waals surface area contributed by atoms with Crippen molar-refractivity contribution < 1.29 is 36.9 Å². The summed E-state index contributed by atoms with van der Waals surface area (Å²) in [7, 11) is 4.08. The third kappa shape index (κ3) is 4.57. The van der Waals surface area contributed by atoms with Crippen LogP contribution < -0.4 is 9.47 Å². The fraction of sp³-hybridized carbons (Fsp3) is 0.567. The van der Waals surface area contributed by atoms with Crippen molar-refractivity contribution in [1.29, 1.82) is 0 Å². The molecule has 0 N–H and O–H groups in total. The average molecular weight is 548 g/mol. The van der Waals surface area contributed by atoms with Crippen LogP contribution in [0, 0.1) is 23.7 Å². The number of nitrogens with zero attached hydrogens (tertiary/aromatic N) is 1. The summed E-state index contributed by atoms with van der Waals surface area (Å²) in [5.41, 5.74) is -1.31.